The minimum atomic E-state index is -0.714. The quantitative estimate of drug-likeness (QED) is 0.635. The third kappa shape index (κ3) is 5.18. The van der Waals surface area contributed by atoms with Gasteiger partial charge >= 0.3 is 0 Å². The Balaban J connectivity index is 1.60. The molecule has 6 nitrogen and oxygen atoms in total. The van der Waals surface area contributed by atoms with Gasteiger partial charge in [-0.05, 0) is 30.2 Å². The normalized spacial score (nSPS) is 12.9. The highest BCUT2D eigenvalue weighted by Gasteiger charge is 2.17. The van der Waals surface area contributed by atoms with E-state index in [0.717, 1.165) is 16.9 Å². The maximum Gasteiger partial charge on any atom is 0.226 e. The number of nitrogens with zero attached hydrogens (tertiary/aromatic N) is 2. The molecule has 1 aromatic heterocycles. The first kappa shape index (κ1) is 18.7. The van der Waals surface area contributed by atoms with Gasteiger partial charge in [-0.1, -0.05) is 42.5 Å². The molecule has 2 N–H and O–H groups in total. The summed E-state index contributed by atoms with van der Waals surface area (Å²) in [6.07, 6.45) is 0.913. The lowest BCUT2D eigenvalue weighted by atomic mass is 10.0. The highest BCUT2D eigenvalue weighted by atomic mass is 16.5. The van der Waals surface area contributed by atoms with Crippen LogP contribution in [0.2, 0.25) is 0 Å². The molecule has 0 aliphatic carbocycles. The van der Waals surface area contributed by atoms with Crippen LogP contribution < -0.4 is 14.8 Å². The first-order valence-electron chi connectivity index (χ1n) is 8.74. The number of aliphatic hydroxyl groups excluding tert-OH is 1. The van der Waals surface area contributed by atoms with E-state index in [1.165, 1.54) is 0 Å². The summed E-state index contributed by atoms with van der Waals surface area (Å²) >= 11 is 0. The summed E-state index contributed by atoms with van der Waals surface area (Å²) in [7, 11) is 1.61. The fourth-order valence-electron chi connectivity index (χ4n) is 2.60. The zero-order chi connectivity index (χ0) is 19.1. The van der Waals surface area contributed by atoms with Crippen molar-refractivity contribution in [2.75, 3.05) is 12.4 Å². The van der Waals surface area contributed by atoms with E-state index in [4.69, 9.17) is 9.47 Å². The average Bonchev–Trinajstić information content (AvgIpc) is 2.73. The second kappa shape index (κ2) is 9.00. The summed E-state index contributed by atoms with van der Waals surface area (Å²) in [5, 5.41) is 13.7. The minimum absolute atomic E-state index is 0.289. The van der Waals surface area contributed by atoms with Crippen LogP contribution in [0.3, 0.4) is 0 Å². The zero-order valence-corrected chi connectivity index (χ0v) is 15.4. The van der Waals surface area contributed by atoms with Crippen molar-refractivity contribution in [3.05, 3.63) is 78.0 Å². The Hall–Kier alpha value is -3.12. The predicted octanol–water partition coefficient (Wildman–Crippen LogP) is 3.60. The molecule has 0 saturated heterocycles. The monoisotopic (exact) mass is 365 g/mol. The number of aliphatic hydroxyl groups is 1. The van der Waals surface area contributed by atoms with Gasteiger partial charge in [0.15, 0.2) is 0 Å². The number of anilines is 1. The third-order valence-corrected chi connectivity index (χ3v) is 4.15. The Kier molecular flexibility index (Phi) is 6.22. The lowest BCUT2D eigenvalue weighted by Gasteiger charge is -2.21. The highest BCUT2D eigenvalue weighted by molar-refractivity contribution is 5.33. The van der Waals surface area contributed by atoms with Crippen LogP contribution in [0, 0.1) is 0 Å². The summed E-state index contributed by atoms with van der Waals surface area (Å²) in [5.74, 6) is 1.63. The van der Waals surface area contributed by atoms with Crippen molar-refractivity contribution in [1.29, 1.82) is 0 Å². The van der Waals surface area contributed by atoms with Gasteiger partial charge < -0.3 is 19.9 Å². The van der Waals surface area contributed by atoms with Crippen LogP contribution >= 0.6 is 0 Å². The summed E-state index contributed by atoms with van der Waals surface area (Å²) in [6.45, 7) is 2.30. The maximum absolute atomic E-state index is 10.5. The number of methoxy groups -OCH3 is 1. The van der Waals surface area contributed by atoms with E-state index in [0.29, 0.717) is 18.4 Å². The number of aromatic nitrogens is 2. The molecule has 0 spiro atoms. The van der Waals surface area contributed by atoms with Gasteiger partial charge in [0.05, 0.1) is 19.3 Å². The Labute approximate surface area is 158 Å². The Morgan fingerprint density at radius 1 is 1.04 bits per heavy atom. The number of rotatable bonds is 8. The van der Waals surface area contributed by atoms with Crippen molar-refractivity contribution in [3.63, 3.8) is 0 Å². The lowest BCUT2D eigenvalue weighted by Crippen LogP contribution is -2.25. The molecule has 2 aromatic carbocycles. The van der Waals surface area contributed by atoms with Crippen LogP contribution in [0.5, 0.6) is 11.6 Å². The van der Waals surface area contributed by atoms with Gasteiger partial charge in [0.1, 0.15) is 12.4 Å². The SMILES string of the molecule is COc1ccc([C@H](O)[C@@H](C)Nc2nccc(OCc3ccccc3)n2)cc1. The molecular formula is C21H23N3O3. The fraction of sp³-hybridized carbons (Fsp3) is 0.238. The van der Waals surface area contributed by atoms with E-state index in [-0.39, 0.29) is 6.04 Å². The third-order valence-electron chi connectivity index (χ3n) is 4.15. The van der Waals surface area contributed by atoms with Crippen molar-refractivity contribution in [2.24, 2.45) is 0 Å². The van der Waals surface area contributed by atoms with Gasteiger partial charge in [-0.15, -0.1) is 0 Å². The van der Waals surface area contributed by atoms with Gasteiger partial charge in [0.25, 0.3) is 0 Å². The molecule has 0 saturated carbocycles. The van der Waals surface area contributed by atoms with E-state index in [1.54, 1.807) is 19.4 Å². The molecule has 0 radical (unpaired) electrons. The van der Waals surface area contributed by atoms with E-state index < -0.39 is 6.10 Å². The molecular weight excluding hydrogens is 342 g/mol. The standard InChI is InChI=1S/C21H23N3O3/c1-15(20(25)17-8-10-18(26-2)11-9-17)23-21-22-13-12-19(24-21)27-14-16-6-4-3-5-7-16/h3-13,15,20,25H,14H2,1-2H3,(H,22,23,24)/t15-,20-/m1/s1. The van der Waals surface area contributed by atoms with E-state index >= 15 is 0 Å². The van der Waals surface area contributed by atoms with Crippen molar-refractivity contribution in [2.45, 2.75) is 25.7 Å². The van der Waals surface area contributed by atoms with Crippen molar-refractivity contribution in [1.82, 2.24) is 9.97 Å². The smallest absolute Gasteiger partial charge is 0.226 e. The topological polar surface area (TPSA) is 76.5 Å². The van der Waals surface area contributed by atoms with E-state index in [2.05, 4.69) is 15.3 Å². The maximum atomic E-state index is 10.5. The Morgan fingerprint density at radius 2 is 1.78 bits per heavy atom. The lowest BCUT2D eigenvalue weighted by molar-refractivity contribution is 0.160. The second-order valence-corrected chi connectivity index (χ2v) is 6.14. The van der Waals surface area contributed by atoms with Gasteiger partial charge in [-0.2, -0.15) is 4.98 Å². The molecule has 2 atom stereocenters. The zero-order valence-electron chi connectivity index (χ0n) is 15.4. The van der Waals surface area contributed by atoms with Crippen LogP contribution in [0.1, 0.15) is 24.2 Å². The number of nitrogens with one attached hydrogen (secondary N) is 1. The summed E-state index contributed by atoms with van der Waals surface area (Å²) in [4.78, 5) is 8.56. The van der Waals surface area contributed by atoms with Crippen LogP contribution in [0.15, 0.2) is 66.9 Å². The molecule has 3 rings (SSSR count). The first-order valence-corrected chi connectivity index (χ1v) is 8.74. The van der Waals surface area contributed by atoms with Crippen molar-refractivity contribution >= 4 is 5.95 Å². The molecule has 0 amide bonds. The Morgan fingerprint density at radius 3 is 2.48 bits per heavy atom. The summed E-state index contributed by atoms with van der Waals surface area (Å²) < 4.78 is 10.9. The van der Waals surface area contributed by atoms with Crippen molar-refractivity contribution < 1.29 is 14.6 Å². The summed E-state index contributed by atoms with van der Waals surface area (Å²) in [5.41, 5.74) is 1.85. The van der Waals surface area contributed by atoms with Crippen LogP contribution in [0.4, 0.5) is 5.95 Å². The number of hydrogen-bond acceptors (Lipinski definition) is 6. The molecule has 3 aromatic rings. The minimum Gasteiger partial charge on any atom is -0.497 e. The molecule has 27 heavy (non-hydrogen) atoms. The molecule has 0 fully saturated rings. The van der Waals surface area contributed by atoms with E-state index in [9.17, 15) is 5.11 Å². The van der Waals surface area contributed by atoms with Gasteiger partial charge in [0.2, 0.25) is 11.8 Å². The largest absolute Gasteiger partial charge is 0.497 e. The molecule has 0 aliphatic heterocycles. The predicted molar refractivity (Wildman–Crippen MR) is 104 cm³/mol. The fourth-order valence-corrected chi connectivity index (χ4v) is 2.60. The number of benzene rings is 2. The summed E-state index contributed by atoms with van der Waals surface area (Å²) in [6, 6.07) is 18.6. The van der Waals surface area contributed by atoms with Gasteiger partial charge in [-0.25, -0.2) is 4.98 Å². The number of ether oxygens (including phenoxy) is 2. The van der Waals surface area contributed by atoms with Gasteiger partial charge in [-0.3, -0.25) is 0 Å². The number of hydrogen-bond donors (Lipinski definition) is 2. The average molecular weight is 365 g/mol. The van der Waals surface area contributed by atoms with Crippen LogP contribution in [-0.2, 0) is 6.61 Å². The van der Waals surface area contributed by atoms with Gasteiger partial charge in [0, 0.05) is 12.3 Å². The molecule has 140 valence electrons. The molecule has 6 heteroatoms. The first-order chi connectivity index (χ1) is 13.2. The molecule has 1 heterocycles. The molecule has 0 bridgehead atoms. The van der Waals surface area contributed by atoms with Crippen LogP contribution in [-0.4, -0.2) is 28.2 Å². The molecule has 0 aliphatic rings. The van der Waals surface area contributed by atoms with Crippen LogP contribution in [0.25, 0.3) is 0 Å². The van der Waals surface area contributed by atoms with E-state index in [1.807, 2.05) is 61.5 Å². The molecule has 0 unspecified atom stereocenters. The second-order valence-electron chi connectivity index (χ2n) is 6.14. The van der Waals surface area contributed by atoms with Crippen molar-refractivity contribution in [3.8, 4) is 11.6 Å². The Bertz CT molecular complexity index is 841. The highest BCUT2D eigenvalue weighted by Crippen LogP contribution is 2.22.